The molecule has 0 saturated heterocycles. The molecule has 0 bridgehead atoms. The Balaban J connectivity index is 1.49. The fraction of sp³-hybridized carbons (Fsp3) is 0.235. The number of guanidine groups is 1. The average Bonchev–Trinajstić information content (AvgIpc) is 3.20. The van der Waals surface area contributed by atoms with Crippen LogP contribution in [0, 0.1) is 0 Å². The van der Waals surface area contributed by atoms with Gasteiger partial charge in [0.25, 0.3) is 0 Å². The third-order valence-corrected chi connectivity index (χ3v) is 5.03. The highest BCUT2D eigenvalue weighted by Crippen LogP contribution is 2.21. The quantitative estimate of drug-likeness (QED) is 0.353. The van der Waals surface area contributed by atoms with Crippen LogP contribution in [0.1, 0.15) is 12.0 Å². The first-order valence-corrected chi connectivity index (χ1v) is 8.87. The Kier molecular flexibility index (Phi) is 4.00. The van der Waals surface area contributed by atoms with Gasteiger partial charge in [0.1, 0.15) is 12.4 Å². The molecule has 24 heavy (non-hydrogen) atoms. The number of hydrazone groups is 1. The van der Waals surface area contributed by atoms with E-state index >= 15 is 0 Å². The Bertz CT molecular complexity index is 903. The van der Waals surface area contributed by atoms with Crippen LogP contribution in [0.5, 0.6) is 0 Å². The van der Waals surface area contributed by atoms with Crippen molar-refractivity contribution in [3.8, 4) is 11.3 Å². The third kappa shape index (κ3) is 2.90. The van der Waals surface area contributed by atoms with Gasteiger partial charge in [-0.15, -0.1) is 5.10 Å². The summed E-state index contributed by atoms with van der Waals surface area (Å²) >= 11 is 1.74. The molecular weight excluding hydrogens is 320 g/mol. The van der Waals surface area contributed by atoms with Gasteiger partial charge in [-0.25, -0.2) is 4.57 Å². The monoisotopic (exact) mass is 340 g/mol. The largest absolute Gasteiger partial charge is 0.367 e. The summed E-state index contributed by atoms with van der Waals surface area (Å²) in [5.41, 5.74) is 6.46. The molecule has 0 aliphatic carbocycles. The second-order valence-corrected chi connectivity index (χ2v) is 6.61. The van der Waals surface area contributed by atoms with Crippen molar-refractivity contribution in [2.75, 3.05) is 13.1 Å². The molecule has 0 spiro atoms. The number of thiazole rings is 1. The van der Waals surface area contributed by atoms with Crippen LogP contribution in [0.25, 0.3) is 16.2 Å². The number of fused-ring (bicyclic) bond motifs is 1. The second-order valence-electron chi connectivity index (χ2n) is 5.74. The molecule has 1 aromatic carbocycles. The maximum Gasteiger partial charge on any atom is 0.367 e. The van der Waals surface area contributed by atoms with Crippen LogP contribution in [0.3, 0.4) is 0 Å². The number of nitrogens with zero attached hydrogens (tertiary/aromatic N) is 3. The molecule has 2 aromatic heterocycles. The molecule has 4 rings (SSSR count). The Labute approximate surface area is 144 Å². The smallest absolute Gasteiger partial charge is 0.276 e. The fourth-order valence-corrected chi connectivity index (χ4v) is 3.60. The SMILES string of the molecule is Cn1c(-c2ccc(/C=N\NC3=[NH+]CCCN3)cc2)c[n+]2ccsc12. The zero-order valence-electron chi connectivity index (χ0n) is 13.5. The minimum absolute atomic E-state index is 0.870. The Morgan fingerprint density at radius 2 is 2.25 bits per heavy atom. The first-order valence-electron chi connectivity index (χ1n) is 8.00. The average molecular weight is 340 g/mol. The van der Waals surface area contributed by atoms with Gasteiger partial charge in [-0.1, -0.05) is 23.5 Å². The van der Waals surface area contributed by atoms with Crippen LogP contribution in [0.2, 0.25) is 0 Å². The number of hydrogen-bond donors (Lipinski definition) is 3. The van der Waals surface area contributed by atoms with Crippen molar-refractivity contribution in [3.63, 3.8) is 0 Å². The van der Waals surface area contributed by atoms with Gasteiger partial charge in [-0.3, -0.25) is 10.3 Å². The highest BCUT2D eigenvalue weighted by molar-refractivity contribution is 7.14. The van der Waals surface area contributed by atoms with Crippen molar-refractivity contribution in [1.82, 2.24) is 15.3 Å². The van der Waals surface area contributed by atoms with Crippen molar-refractivity contribution < 1.29 is 9.39 Å². The maximum atomic E-state index is 4.27. The summed E-state index contributed by atoms with van der Waals surface area (Å²) in [6, 6.07) is 8.42. The van der Waals surface area contributed by atoms with Gasteiger partial charge in [0.2, 0.25) is 0 Å². The Morgan fingerprint density at radius 3 is 3.00 bits per heavy atom. The van der Waals surface area contributed by atoms with Crippen LogP contribution in [-0.2, 0) is 7.05 Å². The molecule has 0 atom stereocenters. The van der Waals surface area contributed by atoms with Crippen LogP contribution in [-0.4, -0.2) is 29.8 Å². The molecule has 122 valence electrons. The van der Waals surface area contributed by atoms with E-state index in [0.717, 1.165) is 31.0 Å². The van der Waals surface area contributed by atoms with E-state index in [4.69, 9.17) is 0 Å². The first-order chi connectivity index (χ1) is 11.8. The summed E-state index contributed by atoms with van der Waals surface area (Å²) in [5, 5.41) is 9.59. The molecule has 3 aromatic rings. The molecule has 1 aliphatic rings. The van der Waals surface area contributed by atoms with E-state index in [1.165, 1.54) is 16.2 Å². The number of aryl methyl sites for hydroxylation is 1. The molecule has 3 N–H and O–H groups in total. The Hall–Kier alpha value is -2.67. The number of benzene rings is 1. The predicted octanol–water partition coefficient (Wildman–Crippen LogP) is -0.154. The molecule has 0 radical (unpaired) electrons. The molecule has 7 heteroatoms. The van der Waals surface area contributed by atoms with Crippen molar-refractivity contribution in [1.29, 1.82) is 0 Å². The number of aromatic nitrogens is 2. The number of hydrogen-bond acceptors (Lipinski definition) is 4. The van der Waals surface area contributed by atoms with Gasteiger partial charge in [-0.05, 0) is 17.7 Å². The number of nitrogens with one attached hydrogen (secondary N) is 3. The van der Waals surface area contributed by atoms with Crippen molar-refractivity contribution >= 4 is 28.5 Å². The molecule has 1 aliphatic heterocycles. The van der Waals surface area contributed by atoms with Crippen molar-refractivity contribution in [3.05, 3.63) is 47.6 Å². The lowest BCUT2D eigenvalue weighted by molar-refractivity contribution is -0.505. The van der Waals surface area contributed by atoms with E-state index in [9.17, 15) is 0 Å². The molecule has 6 nitrogen and oxygen atoms in total. The molecule has 3 heterocycles. The van der Waals surface area contributed by atoms with E-state index in [-0.39, 0.29) is 0 Å². The topological polar surface area (TPSA) is 59.4 Å². The number of rotatable bonds is 3. The minimum Gasteiger partial charge on any atom is -0.276 e. The minimum atomic E-state index is 0.870. The zero-order chi connectivity index (χ0) is 16.4. The molecule has 0 fully saturated rings. The summed E-state index contributed by atoms with van der Waals surface area (Å²) < 4.78 is 4.37. The van der Waals surface area contributed by atoms with Crippen LogP contribution >= 0.6 is 11.3 Å². The molecule has 0 amide bonds. The summed E-state index contributed by atoms with van der Waals surface area (Å²) in [4.78, 5) is 4.46. The van der Waals surface area contributed by atoms with Crippen molar-refractivity contribution in [2.45, 2.75) is 6.42 Å². The third-order valence-electron chi connectivity index (χ3n) is 4.08. The second kappa shape index (κ2) is 6.45. The first kappa shape index (κ1) is 14.9. The highest BCUT2D eigenvalue weighted by atomic mass is 32.1. The van der Waals surface area contributed by atoms with Gasteiger partial charge in [0, 0.05) is 17.4 Å². The normalized spacial score (nSPS) is 14.8. The van der Waals surface area contributed by atoms with Crippen LogP contribution in [0.4, 0.5) is 0 Å². The van der Waals surface area contributed by atoms with Gasteiger partial charge in [0.05, 0.1) is 26.4 Å². The van der Waals surface area contributed by atoms with E-state index < -0.39 is 0 Å². The summed E-state index contributed by atoms with van der Waals surface area (Å²) in [6.07, 6.45) is 7.20. The van der Waals surface area contributed by atoms with Crippen molar-refractivity contribution in [2.24, 2.45) is 12.1 Å². The van der Waals surface area contributed by atoms with E-state index in [1.54, 1.807) is 11.3 Å². The van der Waals surface area contributed by atoms with Gasteiger partial charge in [0.15, 0.2) is 5.69 Å². The lowest BCUT2D eigenvalue weighted by Crippen LogP contribution is -2.81. The van der Waals surface area contributed by atoms with E-state index in [2.05, 4.69) is 78.9 Å². The molecular formula is C17H20N6S+2. The number of imidazole rings is 1. The van der Waals surface area contributed by atoms with Crippen LogP contribution < -0.4 is 20.1 Å². The van der Waals surface area contributed by atoms with Gasteiger partial charge < -0.3 is 0 Å². The fourth-order valence-electron chi connectivity index (χ4n) is 2.79. The van der Waals surface area contributed by atoms with Gasteiger partial charge in [-0.2, -0.15) is 9.83 Å². The van der Waals surface area contributed by atoms with Crippen LogP contribution in [0.15, 0.2) is 47.1 Å². The molecule has 0 unspecified atom stereocenters. The van der Waals surface area contributed by atoms with E-state index in [1.807, 2.05) is 6.21 Å². The standard InChI is InChI=1S/C17H19N6S/c1-22-15(12-23-9-10-24-17(22)23)14-5-3-13(4-6-14)11-20-21-16-18-7-2-8-19-16/h3-6,9-12H,2,7-8H2,1H3,(H2,18,19,21)/q+1/p+1/b20-11-. The summed E-state index contributed by atoms with van der Waals surface area (Å²) in [5.74, 6) is 0.870. The van der Waals surface area contributed by atoms with E-state index in [0.29, 0.717) is 0 Å². The Morgan fingerprint density at radius 1 is 1.38 bits per heavy atom. The summed E-state index contributed by atoms with van der Waals surface area (Å²) in [6.45, 7) is 1.96. The lowest BCUT2D eigenvalue weighted by atomic mass is 10.1. The molecule has 0 saturated carbocycles. The lowest BCUT2D eigenvalue weighted by Gasteiger charge is -2.06. The zero-order valence-corrected chi connectivity index (χ0v) is 14.3. The van der Waals surface area contributed by atoms with Gasteiger partial charge >= 0.3 is 10.9 Å². The predicted molar refractivity (Wildman–Crippen MR) is 96.1 cm³/mol. The maximum absolute atomic E-state index is 4.27. The summed E-state index contributed by atoms with van der Waals surface area (Å²) in [7, 11) is 2.10. The highest BCUT2D eigenvalue weighted by Gasteiger charge is 2.16.